The molecule has 0 aliphatic heterocycles. The summed E-state index contributed by atoms with van der Waals surface area (Å²) in [5, 5.41) is 17.6. The minimum atomic E-state index is -0.800. The van der Waals surface area contributed by atoms with E-state index in [2.05, 4.69) is 0 Å². The van der Waals surface area contributed by atoms with E-state index in [-0.39, 0.29) is 18.4 Å². The first-order valence-corrected chi connectivity index (χ1v) is 3.60. The molecular formula is C7H12O3. The van der Waals surface area contributed by atoms with Crippen LogP contribution >= 0.6 is 0 Å². The lowest BCUT2D eigenvalue weighted by Gasteiger charge is -2.09. The summed E-state index contributed by atoms with van der Waals surface area (Å²) in [5.74, 6) is -0.788. The van der Waals surface area contributed by atoms with Gasteiger partial charge in [0, 0.05) is 0 Å². The van der Waals surface area contributed by atoms with Gasteiger partial charge in [-0.2, -0.15) is 0 Å². The monoisotopic (exact) mass is 144 g/mol. The van der Waals surface area contributed by atoms with Gasteiger partial charge in [-0.15, -0.1) is 0 Å². The molecule has 3 heteroatoms. The highest BCUT2D eigenvalue weighted by Crippen LogP contribution is 2.27. The van der Waals surface area contributed by atoms with Gasteiger partial charge in [-0.1, -0.05) is 6.42 Å². The molecular weight excluding hydrogens is 132 g/mol. The summed E-state index contributed by atoms with van der Waals surface area (Å²) in [6.07, 6.45) is 2.38. The van der Waals surface area contributed by atoms with Gasteiger partial charge < -0.3 is 10.2 Å². The van der Waals surface area contributed by atoms with Gasteiger partial charge >= 0.3 is 5.97 Å². The summed E-state index contributed by atoms with van der Waals surface area (Å²) >= 11 is 0. The van der Waals surface area contributed by atoms with Crippen LogP contribution in [-0.4, -0.2) is 22.3 Å². The highest BCUT2D eigenvalue weighted by Gasteiger charge is 2.26. The van der Waals surface area contributed by atoms with E-state index in [1.165, 1.54) is 0 Å². The van der Waals surface area contributed by atoms with E-state index in [0.29, 0.717) is 0 Å². The van der Waals surface area contributed by atoms with Crippen LogP contribution in [0.4, 0.5) is 0 Å². The maximum absolute atomic E-state index is 10.2. The smallest absolute Gasteiger partial charge is 0.303 e. The van der Waals surface area contributed by atoms with Gasteiger partial charge in [0.25, 0.3) is 0 Å². The molecule has 10 heavy (non-hydrogen) atoms. The van der Waals surface area contributed by atoms with E-state index in [0.717, 1.165) is 19.3 Å². The molecule has 0 unspecified atom stereocenters. The Hall–Kier alpha value is -0.570. The number of aliphatic carboxylic acids is 1. The molecule has 0 spiro atoms. The topological polar surface area (TPSA) is 57.5 Å². The van der Waals surface area contributed by atoms with Crippen molar-refractivity contribution in [2.45, 2.75) is 31.8 Å². The second kappa shape index (κ2) is 3.01. The molecule has 3 nitrogen and oxygen atoms in total. The summed E-state index contributed by atoms with van der Waals surface area (Å²) in [4.78, 5) is 10.2. The van der Waals surface area contributed by atoms with Gasteiger partial charge in [0.2, 0.25) is 0 Å². The molecule has 2 atom stereocenters. The number of carbonyl (C=O) groups is 1. The van der Waals surface area contributed by atoms with Crippen molar-refractivity contribution in [2.75, 3.05) is 0 Å². The summed E-state index contributed by atoms with van der Waals surface area (Å²) in [5.41, 5.74) is 0. The van der Waals surface area contributed by atoms with Crippen molar-refractivity contribution in [3.05, 3.63) is 0 Å². The van der Waals surface area contributed by atoms with E-state index < -0.39 is 5.97 Å². The summed E-state index contributed by atoms with van der Waals surface area (Å²) in [6.45, 7) is 0. The summed E-state index contributed by atoms with van der Waals surface area (Å²) in [7, 11) is 0. The van der Waals surface area contributed by atoms with Crippen molar-refractivity contribution in [3.63, 3.8) is 0 Å². The molecule has 2 N–H and O–H groups in total. The number of hydrogen-bond acceptors (Lipinski definition) is 2. The highest BCUT2D eigenvalue weighted by atomic mass is 16.4. The molecule has 58 valence electrons. The van der Waals surface area contributed by atoms with Gasteiger partial charge in [-0.3, -0.25) is 4.79 Å². The van der Waals surface area contributed by atoms with Gasteiger partial charge in [-0.25, -0.2) is 0 Å². The standard InChI is InChI=1S/C7H12O3/c8-6-3-1-2-5(6)4-7(9)10/h5-6,8H,1-4H2,(H,9,10)/t5-,6-/m0/s1. The van der Waals surface area contributed by atoms with Crippen molar-refractivity contribution < 1.29 is 15.0 Å². The fourth-order valence-corrected chi connectivity index (χ4v) is 1.48. The van der Waals surface area contributed by atoms with Crippen LogP contribution in [0.3, 0.4) is 0 Å². The van der Waals surface area contributed by atoms with E-state index in [1.54, 1.807) is 0 Å². The van der Waals surface area contributed by atoms with E-state index >= 15 is 0 Å². The van der Waals surface area contributed by atoms with Crippen LogP contribution in [0.2, 0.25) is 0 Å². The molecule has 0 aromatic heterocycles. The second-order valence-corrected chi connectivity index (χ2v) is 2.86. The molecule has 1 aliphatic carbocycles. The highest BCUT2D eigenvalue weighted by molar-refractivity contribution is 5.67. The Balaban J connectivity index is 2.33. The molecule has 0 saturated heterocycles. The van der Waals surface area contributed by atoms with Crippen molar-refractivity contribution in [3.8, 4) is 0 Å². The van der Waals surface area contributed by atoms with Crippen LogP contribution in [0.15, 0.2) is 0 Å². The SMILES string of the molecule is O=C(O)C[C@@H]1CCC[C@@H]1O. The number of aliphatic hydroxyl groups is 1. The molecule has 0 bridgehead atoms. The normalized spacial score (nSPS) is 32.5. The number of carboxylic acid groups (broad SMARTS) is 1. The summed E-state index contributed by atoms with van der Waals surface area (Å²) < 4.78 is 0. The Labute approximate surface area is 59.7 Å². The molecule has 1 saturated carbocycles. The van der Waals surface area contributed by atoms with Gasteiger partial charge in [-0.05, 0) is 18.8 Å². The molecule has 0 aromatic carbocycles. The maximum atomic E-state index is 10.2. The van der Waals surface area contributed by atoms with E-state index in [1.807, 2.05) is 0 Å². The minimum Gasteiger partial charge on any atom is -0.481 e. The zero-order valence-corrected chi connectivity index (χ0v) is 5.79. The molecule has 0 heterocycles. The van der Waals surface area contributed by atoms with Crippen molar-refractivity contribution >= 4 is 5.97 Å². The van der Waals surface area contributed by atoms with Crippen molar-refractivity contribution in [2.24, 2.45) is 5.92 Å². The zero-order valence-electron chi connectivity index (χ0n) is 5.79. The minimum absolute atomic E-state index is 0.0116. The van der Waals surface area contributed by atoms with Gasteiger partial charge in [0.1, 0.15) is 0 Å². The van der Waals surface area contributed by atoms with E-state index in [9.17, 15) is 9.90 Å². The zero-order chi connectivity index (χ0) is 7.56. The van der Waals surface area contributed by atoms with Gasteiger partial charge in [0.15, 0.2) is 0 Å². The Bertz CT molecular complexity index is 133. The number of aliphatic hydroxyl groups excluding tert-OH is 1. The second-order valence-electron chi connectivity index (χ2n) is 2.86. The van der Waals surface area contributed by atoms with Crippen LogP contribution in [-0.2, 0) is 4.79 Å². The molecule has 1 fully saturated rings. The largest absolute Gasteiger partial charge is 0.481 e. The molecule has 0 radical (unpaired) electrons. The lowest BCUT2D eigenvalue weighted by Crippen LogP contribution is -2.16. The Kier molecular flexibility index (Phi) is 2.27. The maximum Gasteiger partial charge on any atom is 0.303 e. The van der Waals surface area contributed by atoms with Crippen LogP contribution in [0.1, 0.15) is 25.7 Å². The lowest BCUT2D eigenvalue weighted by atomic mass is 10.0. The third kappa shape index (κ3) is 1.70. The quantitative estimate of drug-likeness (QED) is 0.597. The Morgan fingerprint density at radius 2 is 2.20 bits per heavy atom. The number of rotatable bonds is 2. The third-order valence-electron chi connectivity index (χ3n) is 2.06. The van der Waals surface area contributed by atoms with E-state index in [4.69, 9.17) is 5.11 Å². The fourth-order valence-electron chi connectivity index (χ4n) is 1.48. The molecule has 0 amide bonds. The third-order valence-corrected chi connectivity index (χ3v) is 2.06. The van der Waals surface area contributed by atoms with Crippen LogP contribution in [0.25, 0.3) is 0 Å². The van der Waals surface area contributed by atoms with Crippen LogP contribution in [0.5, 0.6) is 0 Å². The fraction of sp³-hybridized carbons (Fsp3) is 0.857. The molecule has 1 rings (SSSR count). The number of hydrogen-bond donors (Lipinski definition) is 2. The predicted octanol–water partition coefficient (Wildman–Crippen LogP) is 0.622. The average Bonchev–Trinajstić information content (AvgIpc) is 2.15. The summed E-state index contributed by atoms with van der Waals surface area (Å²) in [6, 6.07) is 0. The van der Waals surface area contributed by atoms with Gasteiger partial charge in [0.05, 0.1) is 12.5 Å². The molecule has 1 aliphatic rings. The predicted molar refractivity (Wildman–Crippen MR) is 35.6 cm³/mol. The van der Waals surface area contributed by atoms with Crippen LogP contribution < -0.4 is 0 Å². The molecule has 0 aromatic rings. The van der Waals surface area contributed by atoms with Crippen molar-refractivity contribution in [1.29, 1.82) is 0 Å². The first-order chi connectivity index (χ1) is 4.70. The number of carboxylic acids is 1. The first kappa shape index (κ1) is 7.54. The first-order valence-electron chi connectivity index (χ1n) is 3.60. The Morgan fingerprint density at radius 3 is 2.60 bits per heavy atom. The van der Waals surface area contributed by atoms with Crippen molar-refractivity contribution in [1.82, 2.24) is 0 Å². The lowest BCUT2D eigenvalue weighted by molar-refractivity contribution is -0.138. The Morgan fingerprint density at radius 1 is 1.50 bits per heavy atom. The van der Waals surface area contributed by atoms with Crippen LogP contribution in [0, 0.1) is 5.92 Å². The average molecular weight is 144 g/mol.